The molecular weight excluding hydrogens is 497 g/mol. The lowest BCUT2D eigenvalue weighted by Crippen LogP contribution is -2.51. The van der Waals surface area contributed by atoms with Gasteiger partial charge in [0.2, 0.25) is 11.8 Å². The molecule has 0 saturated heterocycles. The summed E-state index contributed by atoms with van der Waals surface area (Å²) in [5, 5.41) is 2.58. The number of rotatable bonds is 11. The molecule has 8 nitrogen and oxygen atoms in total. The van der Waals surface area contributed by atoms with Crippen LogP contribution in [0.1, 0.15) is 18.9 Å². The summed E-state index contributed by atoms with van der Waals surface area (Å²) in [6, 6.07) is 18.8. The molecule has 0 aliphatic carbocycles. The summed E-state index contributed by atoms with van der Waals surface area (Å²) in [6.07, 6.45) is 0.311. The Balaban J connectivity index is 2.03. The Kier molecular flexibility index (Phi) is 9.24. The van der Waals surface area contributed by atoms with Gasteiger partial charge >= 0.3 is 0 Å². The second-order valence-corrected chi connectivity index (χ2v) is 10.1. The van der Waals surface area contributed by atoms with Crippen molar-refractivity contribution in [1.29, 1.82) is 0 Å². The van der Waals surface area contributed by atoms with Gasteiger partial charge in [-0.2, -0.15) is 0 Å². The molecule has 0 fully saturated rings. The van der Waals surface area contributed by atoms with Crippen LogP contribution in [-0.2, 0) is 26.2 Å². The molecule has 2 amide bonds. The maximum Gasteiger partial charge on any atom is 0.264 e. The van der Waals surface area contributed by atoms with E-state index in [2.05, 4.69) is 5.32 Å². The minimum absolute atomic E-state index is 0.0567. The molecule has 0 spiro atoms. The zero-order valence-electron chi connectivity index (χ0n) is 20.9. The first kappa shape index (κ1) is 27.7. The first-order valence-electron chi connectivity index (χ1n) is 11.7. The number of para-hydroxylation sites is 1. The highest BCUT2D eigenvalue weighted by Gasteiger charge is 2.33. The standard InChI is InChI=1S/C27H30FN3O5S/c1-4-25(27(33)29-2)30(18-20-9-8-12-23(17-20)36-3)26(32)19-31(22-10-6-5-7-11-22)37(34,35)24-15-13-21(28)14-16-24/h5-17,25H,4,18-19H2,1-3H3,(H,29,33)/t25-/m0/s1. The zero-order valence-corrected chi connectivity index (χ0v) is 21.7. The van der Waals surface area contributed by atoms with E-state index in [0.717, 1.165) is 28.6 Å². The van der Waals surface area contributed by atoms with Crippen molar-refractivity contribution in [2.24, 2.45) is 0 Å². The molecule has 3 aromatic carbocycles. The number of methoxy groups -OCH3 is 1. The topological polar surface area (TPSA) is 96.0 Å². The summed E-state index contributed by atoms with van der Waals surface area (Å²) in [5.41, 5.74) is 0.970. The van der Waals surface area contributed by atoms with E-state index < -0.39 is 34.3 Å². The van der Waals surface area contributed by atoms with Crippen LogP contribution in [-0.4, -0.2) is 51.9 Å². The molecule has 0 heterocycles. The maximum atomic E-state index is 13.8. The van der Waals surface area contributed by atoms with E-state index in [1.165, 1.54) is 19.1 Å². The van der Waals surface area contributed by atoms with Crippen LogP contribution in [0.3, 0.4) is 0 Å². The Morgan fingerprint density at radius 1 is 1.00 bits per heavy atom. The number of halogens is 1. The molecule has 0 unspecified atom stereocenters. The molecule has 10 heteroatoms. The third-order valence-corrected chi connectivity index (χ3v) is 7.63. The third-order valence-electron chi connectivity index (χ3n) is 5.84. The Bertz CT molecular complexity index is 1320. The number of sulfonamides is 1. The molecule has 3 rings (SSSR count). The zero-order chi connectivity index (χ0) is 27.0. The first-order chi connectivity index (χ1) is 17.7. The fourth-order valence-electron chi connectivity index (χ4n) is 3.91. The van der Waals surface area contributed by atoms with Crippen LogP contribution in [0.5, 0.6) is 5.75 Å². The average Bonchev–Trinajstić information content (AvgIpc) is 2.92. The second kappa shape index (κ2) is 12.4. The lowest BCUT2D eigenvalue weighted by molar-refractivity contribution is -0.140. The molecule has 0 aliphatic heterocycles. The van der Waals surface area contributed by atoms with Gasteiger partial charge in [0.15, 0.2) is 0 Å². The van der Waals surface area contributed by atoms with Crippen LogP contribution in [0, 0.1) is 5.82 Å². The van der Waals surface area contributed by atoms with Crippen molar-refractivity contribution in [3.63, 3.8) is 0 Å². The van der Waals surface area contributed by atoms with E-state index >= 15 is 0 Å². The van der Waals surface area contributed by atoms with Crippen molar-refractivity contribution in [3.8, 4) is 5.75 Å². The second-order valence-electron chi connectivity index (χ2n) is 8.21. The lowest BCUT2D eigenvalue weighted by atomic mass is 10.1. The minimum atomic E-state index is -4.24. The first-order valence-corrected chi connectivity index (χ1v) is 13.1. The van der Waals surface area contributed by atoms with Gasteiger partial charge in [-0.1, -0.05) is 37.3 Å². The number of benzene rings is 3. The van der Waals surface area contributed by atoms with Crippen LogP contribution < -0.4 is 14.4 Å². The number of likely N-dealkylation sites (N-methyl/N-ethyl adjacent to an activating group) is 1. The van der Waals surface area contributed by atoms with E-state index in [0.29, 0.717) is 17.7 Å². The van der Waals surface area contributed by atoms with E-state index in [1.807, 2.05) is 0 Å². The molecule has 0 aromatic heterocycles. The van der Waals surface area contributed by atoms with E-state index in [4.69, 9.17) is 4.74 Å². The van der Waals surface area contributed by atoms with Crippen molar-refractivity contribution in [2.45, 2.75) is 30.8 Å². The summed E-state index contributed by atoms with van der Waals surface area (Å²) in [5.74, 6) is -0.941. The van der Waals surface area contributed by atoms with Crippen LogP contribution in [0.4, 0.5) is 10.1 Å². The number of nitrogens with one attached hydrogen (secondary N) is 1. The number of nitrogens with zero attached hydrogens (tertiary/aromatic N) is 2. The number of amides is 2. The highest BCUT2D eigenvalue weighted by Crippen LogP contribution is 2.25. The van der Waals surface area contributed by atoms with E-state index in [-0.39, 0.29) is 23.0 Å². The van der Waals surface area contributed by atoms with Crippen molar-refractivity contribution >= 4 is 27.5 Å². The van der Waals surface area contributed by atoms with Gasteiger partial charge in [-0.25, -0.2) is 12.8 Å². The van der Waals surface area contributed by atoms with Crippen molar-refractivity contribution in [3.05, 3.63) is 90.2 Å². The molecule has 196 valence electrons. The number of carbonyl (C=O) groups excluding carboxylic acids is 2. The minimum Gasteiger partial charge on any atom is -0.497 e. The molecular formula is C27H30FN3O5S. The molecule has 1 N–H and O–H groups in total. The van der Waals surface area contributed by atoms with Gasteiger partial charge < -0.3 is 15.0 Å². The summed E-state index contributed by atoms with van der Waals surface area (Å²) in [4.78, 5) is 27.7. The van der Waals surface area contributed by atoms with Gasteiger partial charge in [0.25, 0.3) is 10.0 Å². The molecule has 3 aromatic rings. The Labute approximate surface area is 216 Å². The maximum absolute atomic E-state index is 13.8. The number of hydrogen-bond acceptors (Lipinski definition) is 5. The fourth-order valence-corrected chi connectivity index (χ4v) is 5.32. The van der Waals surface area contributed by atoms with E-state index in [1.54, 1.807) is 61.5 Å². The van der Waals surface area contributed by atoms with Gasteiger partial charge in [0.05, 0.1) is 17.7 Å². The molecule has 0 bridgehead atoms. The SMILES string of the molecule is CC[C@@H](C(=O)NC)N(Cc1cccc(OC)c1)C(=O)CN(c1ccccc1)S(=O)(=O)c1ccc(F)cc1. The summed E-state index contributed by atoms with van der Waals surface area (Å²) in [6.45, 7) is 1.26. The monoisotopic (exact) mass is 527 g/mol. The van der Waals surface area contributed by atoms with Gasteiger partial charge in [0, 0.05) is 13.6 Å². The van der Waals surface area contributed by atoms with Gasteiger partial charge in [-0.15, -0.1) is 0 Å². The largest absolute Gasteiger partial charge is 0.497 e. The Morgan fingerprint density at radius 2 is 1.68 bits per heavy atom. The molecule has 0 radical (unpaired) electrons. The molecule has 37 heavy (non-hydrogen) atoms. The van der Waals surface area contributed by atoms with Gasteiger partial charge in [-0.3, -0.25) is 13.9 Å². The predicted molar refractivity (Wildman–Crippen MR) is 139 cm³/mol. The lowest BCUT2D eigenvalue weighted by Gasteiger charge is -2.33. The van der Waals surface area contributed by atoms with E-state index in [9.17, 15) is 22.4 Å². The predicted octanol–water partition coefficient (Wildman–Crippen LogP) is 3.58. The Morgan fingerprint density at radius 3 is 2.27 bits per heavy atom. The highest BCUT2D eigenvalue weighted by molar-refractivity contribution is 7.92. The quantitative estimate of drug-likeness (QED) is 0.411. The summed E-state index contributed by atoms with van der Waals surface area (Å²) < 4.78 is 47.0. The van der Waals surface area contributed by atoms with Crippen molar-refractivity contribution in [1.82, 2.24) is 10.2 Å². The Hall–Kier alpha value is -3.92. The molecule has 0 saturated carbocycles. The summed E-state index contributed by atoms with van der Waals surface area (Å²) >= 11 is 0. The number of carbonyl (C=O) groups is 2. The highest BCUT2D eigenvalue weighted by atomic mass is 32.2. The average molecular weight is 528 g/mol. The van der Waals surface area contributed by atoms with Crippen LogP contribution >= 0.6 is 0 Å². The number of anilines is 1. The van der Waals surface area contributed by atoms with Gasteiger partial charge in [-0.05, 0) is 60.5 Å². The molecule has 1 atom stereocenters. The van der Waals surface area contributed by atoms with Crippen LogP contribution in [0.2, 0.25) is 0 Å². The van der Waals surface area contributed by atoms with Crippen molar-refractivity contribution < 1.29 is 27.1 Å². The molecule has 0 aliphatic rings. The fraction of sp³-hybridized carbons (Fsp3) is 0.259. The smallest absolute Gasteiger partial charge is 0.264 e. The third kappa shape index (κ3) is 6.65. The van der Waals surface area contributed by atoms with Crippen molar-refractivity contribution in [2.75, 3.05) is 25.0 Å². The number of ether oxygens (including phenoxy) is 1. The van der Waals surface area contributed by atoms with Crippen LogP contribution in [0.25, 0.3) is 0 Å². The van der Waals surface area contributed by atoms with Crippen LogP contribution in [0.15, 0.2) is 83.8 Å². The summed E-state index contributed by atoms with van der Waals surface area (Å²) in [7, 11) is -1.23. The normalized spacial score (nSPS) is 11.9. The number of hydrogen-bond donors (Lipinski definition) is 1. The van der Waals surface area contributed by atoms with Gasteiger partial charge in [0.1, 0.15) is 24.2 Å².